The molecule has 3 aromatic rings. The second kappa shape index (κ2) is 9.34. The fourth-order valence-corrected chi connectivity index (χ4v) is 4.33. The number of para-hydroxylation sites is 1. The lowest BCUT2D eigenvalue weighted by atomic mass is 9.89. The molecule has 1 heterocycles. The zero-order valence-electron chi connectivity index (χ0n) is 16.5. The van der Waals surface area contributed by atoms with Crippen molar-refractivity contribution in [3.63, 3.8) is 0 Å². The van der Waals surface area contributed by atoms with Gasteiger partial charge in [0.1, 0.15) is 5.75 Å². The van der Waals surface area contributed by atoms with Crippen LogP contribution in [-0.2, 0) is 13.0 Å². The maximum atomic E-state index is 10.3. The Hall–Kier alpha value is -2.49. The lowest BCUT2D eigenvalue weighted by Crippen LogP contribution is -2.33. The Labute approximate surface area is 178 Å². The Kier molecular flexibility index (Phi) is 6.38. The number of hydrogen-bond donors (Lipinski definition) is 2. The van der Waals surface area contributed by atoms with E-state index in [9.17, 15) is 5.11 Å². The van der Waals surface area contributed by atoms with Gasteiger partial charge in [-0.2, -0.15) is 0 Å². The number of phenols is 1. The highest BCUT2D eigenvalue weighted by molar-refractivity contribution is 6.30. The molecule has 1 aliphatic rings. The number of anilines is 1. The minimum atomic E-state index is 0.344. The summed E-state index contributed by atoms with van der Waals surface area (Å²) in [5.41, 5.74) is 3.46. The number of benzene rings is 3. The quantitative estimate of drug-likeness (QED) is 0.570. The van der Waals surface area contributed by atoms with Crippen molar-refractivity contribution in [1.82, 2.24) is 5.32 Å². The number of aromatic hydroxyl groups is 1. The van der Waals surface area contributed by atoms with Crippen molar-refractivity contribution in [1.29, 1.82) is 0 Å². The van der Waals surface area contributed by atoms with Gasteiger partial charge in [0.15, 0.2) is 0 Å². The van der Waals surface area contributed by atoms with Crippen LogP contribution in [0.2, 0.25) is 5.02 Å². The van der Waals surface area contributed by atoms with Crippen LogP contribution in [0.5, 0.6) is 5.75 Å². The molecule has 2 N–H and O–H groups in total. The van der Waals surface area contributed by atoms with Gasteiger partial charge in [0.05, 0.1) is 0 Å². The molecule has 0 aromatic heterocycles. The fraction of sp³-hybridized carbons (Fsp3) is 0.280. The summed E-state index contributed by atoms with van der Waals surface area (Å²) < 4.78 is 0. The van der Waals surface area contributed by atoms with Crippen molar-refractivity contribution in [3.05, 3.63) is 95.0 Å². The van der Waals surface area contributed by atoms with Gasteiger partial charge in [-0.05, 0) is 67.2 Å². The van der Waals surface area contributed by atoms with Gasteiger partial charge in [0, 0.05) is 29.4 Å². The summed E-state index contributed by atoms with van der Waals surface area (Å²) in [5, 5.41) is 14.6. The third kappa shape index (κ3) is 5.11. The first kappa shape index (κ1) is 19.8. The Morgan fingerprint density at radius 1 is 0.862 bits per heavy atom. The summed E-state index contributed by atoms with van der Waals surface area (Å²) in [6.45, 7) is 3.66. The van der Waals surface area contributed by atoms with Crippen molar-refractivity contribution < 1.29 is 5.11 Å². The molecule has 0 spiro atoms. The molecule has 2 atom stereocenters. The molecule has 29 heavy (non-hydrogen) atoms. The molecule has 1 fully saturated rings. The van der Waals surface area contributed by atoms with Crippen LogP contribution in [0.4, 0.5) is 5.69 Å². The zero-order chi connectivity index (χ0) is 20.1. The summed E-state index contributed by atoms with van der Waals surface area (Å²) in [4.78, 5) is 2.36. The van der Waals surface area contributed by atoms with Crippen LogP contribution in [0, 0.1) is 11.8 Å². The first-order valence-corrected chi connectivity index (χ1v) is 10.6. The first-order valence-electron chi connectivity index (χ1n) is 10.2. The molecule has 1 aliphatic heterocycles. The van der Waals surface area contributed by atoms with E-state index in [0.717, 1.165) is 42.3 Å². The van der Waals surface area contributed by atoms with Crippen LogP contribution in [-0.4, -0.2) is 24.7 Å². The van der Waals surface area contributed by atoms with E-state index in [2.05, 4.69) is 52.7 Å². The molecule has 0 radical (unpaired) electrons. The van der Waals surface area contributed by atoms with Crippen molar-refractivity contribution in [2.75, 3.05) is 24.5 Å². The van der Waals surface area contributed by atoms with Crippen LogP contribution < -0.4 is 10.2 Å². The van der Waals surface area contributed by atoms with E-state index in [1.165, 1.54) is 5.56 Å². The van der Waals surface area contributed by atoms with Crippen molar-refractivity contribution in [3.8, 4) is 5.75 Å². The molecular formula is C25H27ClN2O. The van der Waals surface area contributed by atoms with Gasteiger partial charge in [-0.15, -0.1) is 0 Å². The lowest BCUT2D eigenvalue weighted by Gasteiger charge is -2.30. The van der Waals surface area contributed by atoms with Crippen LogP contribution in [0.3, 0.4) is 0 Å². The normalized spacial score (nSPS) is 18.7. The van der Waals surface area contributed by atoms with Crippen molar-refractivity contribution >= 4 is 17.3 Å². The molecule has 3 nitrogen and oxygen atoms in total. The molecule has 0 aliphatic carbocycles. The zero-order valence-corrected chi connectivity index (χ0v) is 17.2. The standard InChI is InChI=1S/C25H27ClN2O/c26-23-10-12-24(13-11-23)28(17-20-8-4-5-9-25(20)29)18-22-16-27-15-21(22)14-19-6-2-1-3-7-19/h1-13,21-22,27,29H,14-18H2. The van der Waals surface area contributed by atoms with Gasteiger partial charge in [-0.1, -0.05) is 60.1 Å². The summed E-state index contributed by atoms with van der Waals surface area (Å²) >= 11 is 6.12. The highest BCUT2D eigenvalue weighted by Gasteiger charge is 2.29. The van der Waals surface area contributed by atoms with Crippen LogP contribution in [0.25, 0.3) is 0 Å². The monoisotopic (exact) mass is 406 g/mol. The lowest BCUT2D eigenvalue weighted by molar-refractivity contribution is 0.411. The van der Waals surface area contributed by atoms with Gasteiger partial charge in [-0.3, -0.25) is 0 Å². The number of phenolic OH excluding ortho intramolecular Hbond substituents is 1. The van der Waals surface area contributed by atoms with Gasteiger partial charge in [-0.25, -0.2) is 0 Å². The third-order valence-electron chi connectivity index (χ3n) is 5.82. The maximum Gasteiger partial charge on any atom is 0.120 e. The molecule has 4 rings (SSSR count). The Balaban J connectivity index is 1.54. The average Bonchev–Trinajstić information content (AvgIpc) is 3.17. The number of rotatable bonds is 7. The maximum absolute atomic E-state index is 10.3. The van der Waals surface area contributed by atoms with Crippen LogP contribution >= 0.6 is 11.6 Å². The molecule has 0 bridgehead atoms. The number of halogens is 1. The molecule has 150 valence electrons. The third-order valence-corrected chi connectivity index (χ3v) is 6.07. The van der Waals surface area contributed by atoms with E-state index in [1.807, 2.05) is 30.3 Å². The van der Waals surface area contributed by atoms with Gasteiger partial charge < -0.3 is 15.3 Å². The van der Waals surface area contributed by atoms with Crippen LogP contribution in [0.1, 0.15) is 11.1 Å². The van der Waals surface area contributed by atoms with Crippen molar-refractivity contribution in [2.45, 2.75) is 13.0 Å². The topological polar surface area (TPSA) is 35.5 Å². The molecular weight excluding hydrogens is 380 g/mol. The van der Waals surface area contributed by atoms with E-state index in [1.54, 1.807) is 6.07 Å². The Morgan fingerprint density at radius 3 is 2.31 bits per heavy atom. The van der Waals surface area contributed by atoms with Gasteiger partial charge in [0.2, 0.25) is 0 Å². The molecule has 0 saturated carbocycles. The molecule has 3 aromatic carbocycles. The average molecular weight is 407 g/mol. The Bertz CT molecular complexity index is 914. The fourth-order valence-electron chi connectivity index (χ4n) is 4.20. The summed E-state index contributed by atoms with van der Waals surface area (Å²) in [6, 6.07) is 26.3. The minimum absolute atomic E-state index is 0.344. The van der Waals surface area contributed by atoms with Gasteiger partial charge in [0.25, 0.3) is 0 Å². The second-order valence-electron chi connectivity index (χ2n) is 7.85. The van der Waals surface area contributed by atoms with Gasteiger partial charge >= 0.3 is 0 Å². The number of nitrogens with zero attached hydrogens (tertiary/aromatic N) is 1. The molecule has 0 amide bonds. The van der Waals surface area contributed by atoms with E-state index >= 15 is 0 Å². The summed E-state index contributed by atoms with van der Waals surface area (Å²) in [5.74, 6) is 1.48. The molecule has 4 heteroatoms. The molecule has 1 saturated heterocycles. The smallest absolute Gasteiger partial charge is 0.120 e. The second-order valence-corrected chi connectivity index (χ2v) is 8.29. The van der Waals surface area contributed by atoms with E-state index in [-0.39, 0.29) is 0 Å². The number of nitrogens with one attached hydrogen (secondary N) is 1. The summed E-state index contributed by atoms with van der Waals surface area (Å²) in [6.07, 6.45) is 1.09. The SMILES string of the molecule is Oc1ccccc1CN(CC1CNCC1Cc1ccccc1)c1ccc(Cl)cc1. The highest BCUT2D eigenvalue weighted by atomic mass is 35.5. The minimum Gasteiger partial charge on any atom is -0.508 e. The van der Waals surface area contributed by atoms with E-state index in [4.69, 9.17) is 11.6 Å². The van der Waals surface area contributed by atoms with Crippen molar-refractivity contribution in [2.24, 2.45) is 11.8 Å². The first-order chi connectivity index (χ1) is 14.2. The predicted molar refractivity (Wildman–Crippen MR) is 121 cm³/mol. The van der Waals surface area contributed by atoms with Crippen LogP contribution in [0.15, 0.2) is 78.9 Å². The predicted octanol–water partition coefficient (Wildman–Crippen LogP) is 5.13. The summed E-state index contributed by atoms with van der Waals surface area (Å²) in [7, 11) is 0. The number of hydrogen-bond acceptors (Lipinski definition) is 3. The largest absolute Gasteiger partial charge is 0.508 e. The van der Waals surface area contributed by atoms with E-state index < -0.39 is 0 Å². The molecule has 2 unspecified atom stereocenters. The highest BCUT2D eigenvalue weighted by Crippen LogP contribution is 2.28. The Morgan fingerprint density at radius 2 is 1.55 bits per heavy atom. The van der Waals surface area contributed by atoms with E-state index in [0.29, 0.717) is 24.1 Å².